The van der Waals surface area contributed by atoms with Gasteiger partial charge in [0, 0.05) is 16.5 Å². The summed E-state index contributed by atoms with van der Waals surface area (Å²) in [6.45, 7) is 0. The summed E-state index contributed by atoms with van der Waals surface area (Å²) in [5, 5.41) is 0.215. The number of carbonyl (C=O) groups is 2. The molecule has 0 spiro atoms. The molecule has 6 nitrogen and oxygen atoms in total. The zero-order valence-corrected chi connectivity index (χ0v) is 14.2. The van der Waals surface area contributed by atoms with Crippen LogP contribution in [0.2, 0.25) is 0 Å². The highest BCUT2D eigenvalue weighted by Gasteiger charge is 2.29. The lowest BCUT2D eigenvalue weighted by Gasteiger charge is -2.07. The normalized spacial score (nSPS) is 11.3. The molecule has 2 aromatic carbocycles. The molecule has 0 radical (unpaired) electrons. The van der Waals surface area contributed by atoms with Crippen LogP contribution in [0.25, 0.3) is 10.9 Å². The van der Waals surface area contributed by atoms with E-state index < -0.39 is 60.4 Å². The van der Waals surface area contributed by atoms with E-state index in [-0.39, 0.29) is 16.5 Å². The summed E-state index contributed by atoms with van der Waals surface area (Å²) in [5.74, 6) is -14.8. The molecule has 3 N–H and O–H groups in total. The summed E-state index contributed by atoms with van der Waals surface area (Å²) in [5.41, 5.74) is -1.20. The molecule has 146 valence electrons. The maximum atomic E-state index is 13.6. The summed E-state index contributed by atoms with van der Waals surface area (Å²) in [7, 11) is -2.87. The van der Waals surface area contributed by atoms with E-state index in [9.17, 15) is 31.5 Å². The molecular formula is C16H7F5NO5P. The van der Waals surface area contributed by atoms with Crippen LogP contribution in [0.3, 0.4) is 0 Å². The summed E-state index contributed by atoms with van der Waals surface area (Å²) < 4.78 is 70.9. The maximum Gasteiger partial charge on any atom is 0.360 e. The highest BCUT2D eigenvalue weighted by molar-refractivity contribution is 7.65. The van der Waals surface area contributed by atoms with Crippen molar-refractivity contribution in [2.24, 2.45) is 0 Å². The smallest absolute Gasteiger partial charge is 0.360 e. The Morgan fingerprint density at radius 2 is 1.46 bits per heavy atom. The number of hydrogen-bond donors (Lipinski definition) is 3. The second kappa shape index (κ2) is 7.27. The van der Waals surface area contributed by atoms with Crippen molar-refractivity contribution in [1.29, 1.82) is 0 Å². The molecule has 0 aliphatic heterocycles. The Hall–Kier alpha value is -2.88. The highest BCUT2D eigenvalue weighted by Crippen LogP contribution is 2.32. The van der Waals surface area contributed by atoms with Gasteiger partial charge in [0.25, 0.3) is 0 Å². The molecule has 0 bridgehead atoms. The minimum Gasteiger partial charge on any atom is -0.415 e. The lowest BCUT2D eigenvalue weighted by Crippen LogP contribution is -2.14. The molecule has 28 heavy (non-hydrogen) atoms. The van der Waals surface area contributed by atoms with Crippen LogP contribution in [0.4, 0.5) is 22.0 Å². The van der Waals surface area contributed by atoms with Gasteiger partial charge in [0.05, 0.1) is 0 Å². The molecule has 0 amide bonds. The molecule has 0 atom stereocenters. The van der Waals surface area contributed by atoms with Crippen molar-refractivity contribution in [3.8, 4) is 5.75 Å². The van der Waals surface area contributed by atoms with Gasteiger partial charge in [0.15, 0.2) is 0 Å². The number of fused-ring (bicyclic) bond motifs is 1. The third-order valence-electron chi connectivity index (χ3n) is 3.63. The van der Waals surface area contributed by atoms with E-state index in [1.807, 2.05) is 0 Å². The third kappa shape index (κ3) is 3.35. The Bertz CT molecular complexity index is 1100. The number of rotatable bonds is 4. The van der Waals surface area contributed by atoms with E-state index in [0.717, 1.165) is 6.07 Å². The van der Waals surface area contributed by atoms with Gasteiger partial charge < -0.3 is 19.5 Å². The van der Waals surface area contributed by atoms with E-state index in [1.165, 1.54) is 18.2 Å². The number of H-pyrrole nitrogens is 1. The number of benzene rings is 2. The fourth-order valence-corrected chi connectivity index (χ4v) is 2.68. The zero-order chi connectivity index (χ0) is 20.7. The van der Waals surface area contributed by atoms with Crippen molar-refractivity contribution in [1.82, 2.24) is 4.98 Å². The number of esters is 1. The fraction of sp³-hybridized carbons (Fsp3) is 0. The lowest BCUT2D eigenvalue weighted by molar-refractivity contribution is 0.0710. The molecule has 0 aliphatic carbocycles. The van der Waals surface area contributed by atoms with Gasteiger partial charge in [0.1, 0.15) is 5.69 Å². The molecule has 0 fully saturated rings. The van der Waals surface area contributed by atoms with E-state index in [4.69, 9.17) is 9.79 Å². The van der Waals surface area contributed by atoms with Crippen LogP contribution in [-0.2, 0) is 0 Å². The Morgan fingerprint density at radius 1 is 0.893 bits per heavy atom. The largest absolute Gasteiger partial charge is 0.415 e. The minimum atomic E-state index is -2.87. The SMILES string of the molecule is O=C(Oc1c(F)c(F)c(F)c(F)c1F)c1cc2cc(C(=O)P(O)O)ccc2[nH]1. The van der Waals surface area contributed by atoms with Crippen LogP contribution in [0.5, 0.6) is 5.75 Å². The van der Waals surface area contributed by atoms with Crippen LogP contribution < -0.4 is 4.74 Å². The van der Waals surface area contributed by atoms with E-state index in [1.54, 1.807) is 0 Å². The number of halogens is 5. The minimum absolute atomic E-state index is 0.0812. The van der Waals surface area contributed by atoms with E-state index in [0.29, 0.717) is 0 Å². The van der Waals surface area contributed by atoms with Crippen LogP contribution in [-0.4, -0.2) is 26.3 Å². The fourth-order valence-electron chi connectivity index (χ4n) is 2.31. The van der Waals surface area contributed by atoms with Gasteiger partial charge in [-0.2, -0.15) is 8.78 Å². The highest BCUT2D eigenvalue weighted by atomic mass is 31.2. The first-order valence-electron chi connectivity index (χ1n) is 7.20. The number of ether oxygens (including phenoxy) is 1. The van der Waals surface area contributed by atoms with Gasteiger partial charge in [-0.3, -0.25) is 4.79 Å². The first-order chi connectivity index (χ1) is 13.1. The van der Waals surface area contributed by atoms with Gasteiger partial charge in [-0.15, -0.1) is 0 Å². The molecule has 0 aliphatic rings. The zero-order valence-electron chi connectivity index (χ0n) is 13.3. The predicted molar refractivity (Wildman–Crippen MR) is 85.2 cm³/mol. The average molecular weight is 419 g/mol. The lowest BCUT2D eigenvalue weighted by atomic mass is 10.2. The molecule has 3 aromatic rings. The predicted octanol–water partition coefficient (Wildman–Crippen LogP) is 3.52. The first kappa shape index (κ1) is 19.9. The van der Waals surface area contributed by atoms with Crippen molar-refractivity contribution in [2.75, 3.05) is 0 Å². The number of carbonyl (C=O) groups excluding carboxylic acids is 2. The molecule has 1 aromatic heterocycles. The van der Waals surface area contributed by atoms with Gasteiger partial charge in [0.2, 0.25) is 48.7 Å². The second-order valence-corrected chi connectivity index (χ2v) is 6.35. The summed E-state index contributed by atoms with van der Waals surface area (Å²) >= 11 is 0. The summed E-state index contributed by atoms with van der Waals surface area (Å²) in [4.78, 5) is 44.0. The number of aromatic nitrogens is 1. The van der Waals surface area contributed by atoms with Crippen LogP contribution in [0.15, 0.2) is 24.3 Å². The second-order valence-electron chi connectivity index (χ2n) is 5.37. The van der Waals surface area contributed by atoms with Crippen molar-refractivity contribution in [3.63, 3.8) is 0 Å². The van der Waals surface area contributed by atoms with E-state index >= 15 is 0 Å². The molecule has 3 rings (SSSR count). The molecule has 1 heterocycles. The Morgan fingerprint density at radius 3 is 2.04 bits per heavy atom. The standard InChI is InChI=1S/C16H7F5NO5P/c17-9-10(18)12(20)14(13(21)11(9)19)27-15(23)8-4-6-3-5(16(24)28(25)26)1-2-7(6)22-8/h1-4,22,25-26H. The van der Waals surface area contributed by atoms with Crippen molar-refractivity contribution in [2.45, 2.75) is 0 Å². The van der Waals surface area contributed by atoms with Crippen molar-refractivity contribution >= 4 is 30.8 Å². The first-order valence-corrected chi connectivity index (χ1v) is 8.45. The topological polar surface area (TPSA) is 99.6 Å². The van der Waals surface area contributed by atoms with Gasteiger partial charge in [-0.1, -0.05) is 0 Å². The van der Waals surface area contributed by atoms with Crippen LogP contribution in [0, 0.1) is 29.1 Å². The molecule has 0 unspecified atom stereocenters. The number of nitrogens with one attached hydrogen (secondary N) is 1. The molecule has 0 saturated carbocycles. The Labute approximate surface area is 153 Å². The van der Waals surface area contributed by atoms with Gasteiger partial charge in [-0.05, 0) is 24.3 Å². The number of aromatic amines is 1. The Balaban J connectivity index is 1.96. The Kier molecular flexibility index (Phi) is 5.16. The molecular weight excluding hydrogens is 412 g/mol. The molecule has 12 heteroatoms. The van der Waals surface area contributed by atoms with E-state index in [2.05, 4.69) is 9.72 Å². The average Bonchev–Trinajstić information content (AvgIpc) is 3.10. The summed E-state index contributed by atoms with van der Waals surface area (Å²) in [6.07, 6.45) is 0. The monoisotopic (exact) mass is 419 g/mol. The van der Waals surface area contributed by atoms with Crippen LogP contribution >= 0.6 is 8.38 Å². The number of hydrogen-bond acceptors (Lipinski definition) is 5. The van der Waals surface area contributed by atoms with Crippen molar-refractivity contribution in [3.05, 3.63) is 64.6 Å². The third-order valence-corrected chi connectivity index (χ3v) is 4.26. The quantitative estimate of drug-likeness (QED) is 0.150. The van der Waals surface area contributed by atoms with Crippen LogP contribution in [0.1, 0.15) is 20.8 Å². The maximum absolute atomic E-state index is 13.6. The molecule has 0 saturated heterocycles. The van der Waals surface area contributed by atoms with Gasteiger partial charge in [-0.25, -0.2) is 18.0 Å². The summed E-state index contributed by atoms with van der Waals surface area (Å²) in [6, 6.07) is 4.81. The van der Waals surface area contributed by atoms with Gasteiger partial charge >= 0.3 is 5.97 Å². The van der Waals surface area contributed by atoms with Crippen molar-refractivity contribution < 1.29 is 46.1 Å².